The third-order valence-electron chi connectivity index (χ3n) is 9.63. The molecule has 3 saturated heterocycles. The number of likely N-dealkylation sites (tertiary alicyclic amines) is 2. The topological polar surface area (TPSA) is 98.3 Å². The van der Waals surface area contributed by atoms with Crippen molar-refractivity contribution >= 4 is 27.7 Å². The molecule has 4 amide bonds. The summed E-state index contributed by atoms with van der Waals surface area (Å²) in [5.74, 6) is 0.559. The van der Waals surface area contributed by atoms with Crippen LogP contribution in [0.4, 0.5) is 4.79 Å². The predicted octanol–water partition coefficient (Wildman–Crippen LogP) is 4.78. The molecule has 1 spiro atoms. The molecule has 45 heavy (non-hydrogen) atoms. The monoisotopic (exact) mass is 636 g/mol. The lowest BCUT2D eigenvalue weighted by molar-refractivity contribution is -0.137. The highest BCUT2D eigenvalue weighted by molar-refractivity contribution is 7.90. The van der Waals surface area contributed by atoms with Crippen molar-refractivity contribution in [3.05, 3.63) is 65.7 Å². The first kappa shape index (κ1) is 33.1. The van der Waals surface area contributed by atoms with E-state index >= 15 is 0 Å². The van der Waals surface area contributed by atoms with Gasteiger partial charge in [0.1, 0.15) is 5.54 Å². The Hall–Kier alpha value is -3.24. The molecular formula is C35H48N4O5S. The molecule has 10 heteroatoms. The van der Waals surface area contributed by atoms with Crippen LogP contribution >= 0.6 is 0 Å². The highest BCUT2D eigenvalue weighted by Crippen LogP contribution is 2.41. The van der Waals surface area contributed by atoms with Crippen LogP contribution in [0.1, 0.15) is 70.9 Å². The van der Waals surface area contributed by atoms with Crippen molar-refractivity contribution in [2.24, 2.45) is 11.3 Å². The maximum absolute atomic E-state index is 14.1. The van der Waals surface area contributed by atoms with Gasteiger partial charge in [-0.25, -0.2) is 13.2 Å². The summed E-state index contributed by atoms with van der Waals surface area (Å²) >= 11 is 0. The van der Waals surface area contributed by atoms with Gasteiger partial charge in [0, 0.05) is 57.4 Å². The van der Waals surface area contributed by atoms with E-state index in [2.05, 4.69) is 49.9 Å². The van der Waals surface area contributed by atoms with Crippen LogP contribution in [0.15, 0.2) is 59.5 Å². The van der Waals surface area contributed by atoms with Gasteiger partial charge in [0.15, 0.2) is 9.84 Å². The number of carbonyl (C=O) groups excluding carboxylic acids is 3. The number of rotatable bonds is 8. The maximum Gasteiger partial charge on any atom is 0.328 e. The number of hydrogen-bond acceptors (Lipinski definition) is 6. The van der Waals surface area contributed by atoms with E-state index in [0.29, 0.717) is 37.9 Å². The largest absolute Gasteiger partial charge is 0.342 e. The number of hydrogen-bond donors (Lipinski definition) is 0. The van der Waals surface area contributed by atoms with Crippen LogP contribution in [0.2, 0.25) is 0 Å². The van der Waals surface area contributed by atoms with E-state index in [0.717, 1.165) is 25.9 Å². The van der Waals surface area contributed by atoms with E-state index in [1.807, 2.05) is 24.8 Å². The van der Waals surface area contributed by atoms with Gasteiger partial charge >= 0.3 is 6.03 Å². The van der Waals surface area contributed by atoms with Crippen molar-refractivity contribution < 1.29 is 22.8 Å². The molecule has 5 rings (SSSR count). The fourth-order valence-electron chi connectivity index (χ4n) is 7.43. The van der Waals surface area contributed by atoms with Crippen LogP contribution in [-0.2, 0) is 26.0 Å². The number of nitrogens with zero attached hydrogens (tertiary/aromatic N) is 4. The lowest BCUT2D eigenvalue weighted by atomic mass is 9.83. The standard InChI is InChI=1S/C35H48N4O5S/c1-25(2)39-33(42)38(21-26-12-14-29(15-13-26)45(6,43)44)32(41)35(39)16-18-36(19-17-35)22-28-23-37(31(40)20-34(3,4)5)24-30(28)27-10-8-7-9-11-27/h7-15,25,28,30H,16-24H2,1-6H3. The second-order valence-corrected chi connectivity index (χ2v) is 16.7. The van der Waals surface area contributed by atoms with Gasteiger partial charge < -0.3 is 14.7 Å². The molecule has 2 unspecified atom stereocenters. The quantitative estimate of drug-likeness (QED) is 0.387. The number of imide groups is 1. The zero-order valence-electron chi connectivity index (χ0n) is 27.5. The Kier molecular flexibility index (Phi) is 9.21. The van der Waals surface area contributed by atoms with Crippen molar-refractivity contribution in [1.29, 1.82) is 0 Å². The van der Waals surface area contributed by atoms with Crippen LogP contribution in [0, 0.1) is 11.3 Å². The summed E-state index contributed by atoms with van der Waals surface area (Å²) in [6.45, 7) is 14.0. The zero-order valence-corrected chi connectivity index (χ0v) is 28.3. The minimum absolute atomic E-state index is 0.0698. The Bertz CT molecular complexity index is 1510. The molecular weight excluding hydrogens is 588 g/mol. The highest BCUT2D eigenvalue weighted by atomic mass is 32.2. The van der Waals surface area contributed by atoms with E-state index in [4.69, 9.17) is 0 Å². The number of amides is 4. The number of sulfone groups is 1. The van der Waals surface area contributed by atoms with Gasteiger partial charge in [-0.15, -0.1) is 0 Å². The Morgan fingerprint density at radius 1 is 0.956 bits per heavy atom. The molecule has 3 aliphatic heterocycles. The van der Waals surface area contributed by atoms with Crippen molar-refractivity contribution in [3.8, 4) is 0 Å². The first-order valence-electron chi connectivity index (χ1n) is 16.1. The molecule has 2 aromatic rings. The molecule has 3 heterocycles. The first-order chi connectivity index (χ1) is 21.1. The Labute approximate surface area is 268 Å². The molecule has 0 aliphatic carbocycles. The molecule has 0 radical (unpaired) electrons. The van der Waals surface area contributed by atoms with Gasteiger partial charge in [0.2, 0.25) is 5.91 Å². The normalized spacial score (nSPS) is 22.7. The summed E-state index contributed by atoms with van der Waals surface area (Å²) in [5.41, 5.74) is 1.00. The van der Waals surface area contributed by atoms with Crippen LogP contribution in [0.5, 0.6) is 0 Å². The second-order valence-electron chi connectivity index (χ2n) is 14.7. The third-order valence-corrected chi connectivity index (χ3v) is 10.8. The van der Waals surface area contributed by atoms with E-state index in [1.165, 1.54) is 22.6 Å². The summed E-state index contributed by atoms with van der Waals surface area (Å²) < 4.78 is 23.8. The van der Waals surface area contributed by atoms with Crippen molar-refractivity contribution in [3.63, 3.8) is 0 Å². The molecule has 3 fully saturated rings. The fourth-order valence-corrected chi connectivity index (χ4v) is 8.06. The number of benzene rings is 2. The minimum Gasteiger partial charge on any atom is -0.342 e. The summed E-state index contributed by atoms with van der Waals surface area (Å²) in [4.78, 5) is 48.8. The van der Waals surface area contributed by atoms with E-state index in [1.54, 1.807) is 17.0 Å². The molecule has 0 bridgehead atoms. The van der Waals surface area contributed by atoms with Gasteiger partial charge in [-0.3, -0.25) is 14.5 Å². The summed E-state index contributed by atoms with van der Waals surface area (Å²) in [7, 11) is -3.34. The second kappa shape index (κ2) is 12.5. The van der Waals surface area contributed by atoms with Crippen molar-refractivity contribution in [2.45, 2.75) is 82.8 Å². The summed E-state index contributed by atoms with van der Waals surface area (Å²) in [5, 5.41) is 0. The van der Waals surface area contributed by atoms with Gasteiger partial charge in [0.25, 0.3) is 5.91 Å². The van der Waals surface area contributed by atoms with E-state index in [9.17, 15) is 22.8 Å². The Morgan fingerprint density at radius 2 is 1.58 bits per heavy atom. The Balaban J connectivity index is 1.29. The fraction of sp³-hybridized carbons (Fsp3) is 0.571. The van der Waals surface area contributed by atoms with Crippen LogP contribution in [0.25, 0.3) is 0 Å². The lowest BCUT2D eigenvalue weighted by Gasteiger charge is -2.44. The molecule has 0 saturated carbocycles. The number of piperidine rings is 1. The zero-order chi connectivity index (χ0) is 32.7. The van der Waals surface area contributed by atoms with Gasteiger partial charge in [-0.2, -0.15) is 0 Å². The highest BCUT2D eigenvalue weighted by Gasteiger charge is 2.58. The summed E-state index contributed by atoms with van der Waals surface area (Å²) in [6, 6.07) is 16.4. The lowest BCUT2D eigenvalue weighted by Crippen LogP contribution is -2.58. The van der Waals surface area contributed by atoms with Crippen LogP contribution in [-0.4, -0.2) is 96.4 Å². The molecule has 244 valence electrons. The van der Waals surface area contributed by atoms with Crippen molar-refractivity contribution in [1.82, 2.24) is 19.6 Å². The summed E-state index contributed by atoms with van der Waals surface area (Å²) in [6.07, 6.45) is 2.78. The van der Waals surface area contributed by atoms with Crippen LogP contribution in [0.3, 0.4) is 0 Å². The first-order valence-corrected chi connectivity index (χ1v) is 18.0. The SMILES string of the molecule is CC(C)N1C(=O)N(Cc2ccc(S(C)(=O)=O)cc2)C(=O)C12CCN(CC1CN(C(=O)CC(C)(C)C)CC1c1ccccc1)CC2. The van der Waals surface area contributed by atoms with Gasteiger partial charge in [-0.1, -0.05) is 63.2 Å². The Morgan fingerprint density at radius 3 is 2.13 bits per heavy atom. The molecule has 0 N–H and O–H groups in total. The average Bonchev–Trinajstić information content (AvgIpc) is 3.47. The van der Waals surface area contributed by atoms with Gasteiger partial charge in [-0.05, 0) is 61.3 Å². The molecule has 3 aliphatic rings. The van der Waals surface area contributed by atoms with Crippen molar-refractivity contribution in [2.75, 3.05) is 39.0 Å². The third kappa shape index (κ3) is 6.97. The van der Waals surface area contributed by atoms with Gasteiger partial charge in [0.05, 0.1) is 11.4 Å². The van der Waals surface area contributed by atoms with E-state index in [-0.39, 0.29) is 52.6 Å². The average molecular weight is 637 g/mol. The molecule has 2 aromatic carbocycles. The maximum atomic E-state index is 14.1. The minimum atomic E-state index is -3.34. The smallest absolute Gasteiger partial charge is 0.328 e. The molecule has 0 aromatic heterocycles. The van der Waals surface area contributed by atoms with E-state index < -0.39 is 15.4 Å². The number of carbonyl (C=O) groups is 3. The molecule has 2 atom stereocenters. The van der Waals surface area contributed by atoms with Crippen LogP contribution < -0.4 is 0 Å². The number of urea groups is 1. The predicted molar refractivity (Wildman–Crippen MR) is 174 cm³/mol. The molecule has 9 nitrogen and oxygen atoms in total.